The van der Waals surface area contributed by atoms with E-state index in [1.807, 2.05) is 0 Å². The summed E-state index contributed by atoms with van der Waals surface area (Å²) in [6, 6.07) is 6.17. The van der Waals surface area contributed by atoms with Crippen LogP contribution in [0.25, 0.3) is 11.3 Å². The smallest absolute Gasteiger partial charge is 0.222 e. The van der Waals surface area contributed by atoms with E-state index in [4.69, 9.17) is 15.0 Å². The van der Waals surface area contributed by atoms with E-state index in [-0.39, 0.29) is 11.7 Å². The highest BCUT2D eigenvalue weighted by Gasteiger charge is 2.10. The van der Waals surface area contributed by atoms with Crippen molar-refractivity contribution in [2.24, 2.45) is 0 Å². The van der Waals surface area contributed by atoms with Gasteiger partial charge in [0.25, 0.3) is 0 Å². The minimum Gasteiger partial charge on any atom is -0.380 e. The number of methoxy groups -OCH3 is 1. The number of halogens is 1. The molecule has 0 aliphatic heterocycles. The van der Waals surface area contributed by atoms with Gasteiger partial charge in [0, 0.05) is 18.7 Å². The Bertz CT molecular complexity index is 496. The number of nitrogens with two attached hydrogens (primary N) is 1. The predicted octanol–water partition coefficient (Wildman–Crippen LogP) is 2.21. The molecule has 0 bridgehead atoms. The summed E-state index contributed by atoms with van der Waals surface area (Å²) in [5, 5.41) is 3.67. The van der Waals surface area contributed by atoms with Gasteiger partial charge < -0.3 is 15.0 Å². The van der Waals surface area contributed by atoms with Gasteiger partial charge in [0.15, 0.2) is 0 Å². The van der Waals surface area contributed by atoms with Crippen molar-refractivity contribution in [2.75, 3.05) is 12.8 Å². The third-order valence-electron chi connectivity index (χ3n) is 2.15. The topological polar surface area (TPSA) is 61.3 Å². The SMILES string of the molecule is COCc1ccc(F)c(-c2cc(N)on2)c1. The van der Waals surface area contributed by atoms with Gasteiger partial charge in [-0.1, -0.05) is 11.2 Å². The van der Waals surface area contributed by atoms with Crippen LogP contribution in [0.5, 0.6) is 0 Å². The lowest BCUT2D eigenvalue weighted by Crippen LogP contribution is -1.91. The van der Waals surface area contributed by atoms with Gasteiger partial charge in [-0.15, -0.1) is 0 Å². The average molecular weight is 222 g/mol. The Morgan fingerprint density at radius 1 is 1.44 bits per heavy atom. The van der Waals surface area contributed by atoms with Crippen LogP contribution in [-0.4, -0.2) is 12.3 Å². The van der Waals surface area contributed by atoms with E-state index in [2.05, 4.69) is 5.16 Å². The summed E-state index contributed by atoms with van der Waals surface area (Å²) in [6.07, 6.45) is 0. The van der Waals surface area contributed by atoms with Crippen LogP contribution >= 0.6 is 0 Å². The highest BCUT2D eigenvalue weighted by Crippen LogP contribution is 2.24. The molecule has 0 radical (unpaired) electrons. The molecule has 4 nitrogen and oxygen atoms in total. The maximum atomic E-state index is 13.5. The molecule has 16 heavy (non-hydrogen) atoms. The quantitative estimate of drug-likeness (QED) is 0.864. The zero-order chi connectivity index (χ0) is 11.5. The summed E-state index contributed by atoms with van der Waals surface area (Å²) in [5.74, 6) is -0.209. The molecule has 0 fully saturated rings. The molecular formula is C11H11FN2O2. The Morgan fingerprint density at radius 2 is 2.25 bits per heavy atom. The van der Waals surface area contributed by atoms with Crippen LogP contribution in [0.3, 0.4) is 0 Å². The van der Waals surface area contributed by atoms with Gasteiger partial charge in [0.1, 0.15) is 11.5 Å². The monoisotopic (exact) mass is 222 g/mol. The Hall–Kier alpha value is -1.88. The molecule has 0 saturated heterocycles. The molecule has 1 aromatic heterocycles. The first-order chi connectivity index (χ1) is 7.70. The van der Waals surface area contributed by atoms with Gasteiger partial charge in [0.2, 0.25) is 5.88 Å². The number of nitrogen functional groups attached to an aromatic ring is 1. The van der Waals surface area contributed by atoms with Gasteiger partial charge in [0.05, 0.1) is 6.61 Å². The number of ether oxygens (including phenoxy) is 1. The fourth-order valence-electron chi connectivity index (χ4n) is 1.44. The normalized spacial score (nSPS) is 10.6. The van der Waals surface area contributed by atoms with Crippen LogP contribution in [0.2, 0.25) is 0 Å². The molecule has 2 rings (SSSR count). The lowest BCUT2D eigenvalue weighted by Gasteiger charge is -2.03. The van der Waals surface area contributed by atoms with Crippen molar-refractivity contribution in [3.05, 3.63) is 35.6 Å². The summed E-state index contributed by atoms with van der Waals surface area (Å²) in [7, 11) is 1.58. The molecule has 0 unspecified atom stereocenters. The van der Waals surface area contributed by atoms with E-state index in [0.717, 1.165) is 5.56 Å². The second-order valence-corrected chi connectivity index (χ2v) is 3.36. The van der Waals surface area contributed by atoms with E-state index < -0.39 is 0 Å². The third-order valence-corrected chi connectivity index (χ3v) is 2.15. The molecule has 1 heterocycles. The maximum absolute atomic E-state index is 13.5. The number of hydrogen-bond acceptors (Lipinski definition) is 4. The van der Waals surface area contributed by atoms with Crippen LogP contribution in [0.15, 0.2) is 28.8 Å². The maximum Gasteiger partial charge on any atom is 0.222 e. The molecule has 2 aromatic rings. The van der Waals surface area contributed by atoms with Crippen molar-refractivity contribution >= 4 is 5.88 Å². The van der Waals surface area contributed by atoms with E-state index in [1.165, 1.54) is 12.1 Å². The van der Waals surface area contributed by atoms with Crippen LogP contribution in [-0.2, 0) is 11.3 Å². The van der Waals surface area contributed by atoms with E-state index in [0.29, 0.717) is 17.9 Å². The van der Waals surface area contributed by atoms with Crippen LogP contribution in [0.1, 0.15) is 5.56 Å². The summed E-state index contributed by atoms with van der Waals surface area (Å²) in [4.78, 5) is 0. The van der Waals surface area contributed by atoms with E-state index >= 15 is 0 Å². The van der Waals surface area contributed by atoms with Gasteiger partial charge in [-0.3, -0.25) is 0 Å². The Balaban J connectivity index is 2.42. The zero-order valence-corrected chi connectivity index (χ0v) is 8.74. The summed E-state index contributed by atoms with van der Waals surface area (Å²) in [6.45, 7) is 0.417. The molecular weight excluding hydrogens is 211 g/mol. The second-order valence-electron chi connectivity index (χ2n) is 3.36. The van der Waals surface area contributed by atoms with Crippen molar-refractivity contribution in [3.63, 3.8) is 0 Å². The minimum atomic E-state index is -0.367. The Morgan fingerprint density at radius 3 is 2.88 bits per heavy atom. The highest BCUT2D eigenvalue weighted by atomic mass is 19.1. The lowest BCUT2D eigenvalue weighted by atomic mass is 10.1. The molecule has 5 heteroatoms. The first-order valence-electron chi connectivity index (χ1n) is 4.70. The summed E-state index contributed by atoms with van der Waals surface area (Å²) >= 11 is 0. The second kappa shape index (κ2) is 4.32. The minimum absolute atomic E-state index is 0.159. The zero-order valence-electron chi connectivity index (χ0n) is 8.74. The van der Waals surface area contributed by atoms with E-state index in [9.17, 15) is 4.39 Å². The first kappa shape index (κ1) is 10.6. The molecule has 2 N–H and O–H groups in total. The lowest BCUT2D eigenvalue weighted by molar-refractivity contribution is 0.185. The van der Waals surface area contributed by atoms with Crippen molar-refractivity contribution in [2.45, 2.75) is 6.61 Å². The average Bonchev–Trinajstić information content (AvgIpc) is 2.68. The van der Waals surface area contributed by atoms with Crippen molar-refractivity contribution < 1.29 is 13.7 Å². The molecule has 0 atom stereocenters. The number of aromatic nitrogens is 1. The Labute approximate surface area is 91.8 Å². The first-order valence-corrected chi connectivity index (χ1v) is 4.70. The summed E-state index contributed by atoms with van der Waals surface area (Å²) in [5.41, 5.74) is 6.99. The molecule has 1 aromatic carbocycles. The number of benzene rings is 1. The number of rotatable bonds is 3. The Kier molecular flexibility index (Phi) is 2.87. The highest BCUT2D eigenvalue weighted by molar-refractivity contribution is 5.62. The van der Waals surface area contributed by atoms with Crippen molar-refractivity contribution in [1.29, 1.82) is 0 Å². The largest absolute Gasteiger partial charge is 0.380 e. The predicted molar refractivity (Wildman–Crippen MR) is 57.0 cm³/mol. The standard InChI is InChI=1S/C11H11FN2O2/c1-15-6-7-2-3-9(12)8(4-7)10-5-11(13)16-14-10/h2-5H,6,13H2,1H3. The van der Waals surface area contributed by atoms with Gasteiger partial charge in [-0.25, -0.2) is 4.39 Å². The van der Waals surface area contributed by atoms with E-state index in [1.54, 1.807) is 19.2 Å². The van der Waals surface area contributed by atoms with Crippen LogP contribution in [0.4, 0.5) is 10.3 Å². The van der Waals surface area contributed by atoms with Crippen LogP contribution < -0.4 is 5.73 Å². The number of hydrogen-bond donors (Lipinski definition) is 1. The van der Waals surface area contributed by atoms with Crippen molar-refractivity contribution in [1.82, 2.24) is 5.16 Å². The summed E-state index contributed by atoms with van der Waals surface area (Å²) < 4.78 is 23.2. The van der Waals surface area contributed by atoms with Gasteiger partial charge in [-0.05, 0) is 17.7 Å². The fourth-order valence-corrected chi connectivity index (χ4v) is 1.44. The van der Waals surface area contributed by atoms with Gasteiger partial charge in [-0.2, -0.15) is 0 Å². The van der Waals surface area contributed by atoms with Gasteiger partial charge >= 0.3 is 0 Å². The number of anilines is 1. The third kappa shape index (κ3) is 2.04. The molecule has 0 saturated carbocycles. The molecule has 84 valence electrons. The fraction of sp³-hybridized carbons (Fsp3) is 0.182. The molecule has 0 aliphatic rings. The molecule has 0 spiro atoms. The van der Waals surface area contributed by atoms with Crippen LogP contribution in [0, 0.1) is 5.82 Å². The number of nitrogens with zero attached hydrogens (tertiary/aromatic N) is 1. The van der Waals surface area contributed by atoms with Crippen molar-refractivity contribution in [3.8, 4) is 11.3 Å². The molecule has 0 aliphatic carbocycles. The molecule has 0 amide bonds.